The Balaban J connectivity index is 1.63. The molecule has 0 atom stereocenters. The number of hydrogen-bond donors (Lipinski definition) is 2. The van der Waals surface area contributed by atoms with Crippen molar-refractivity contribution in [3.63, 3.8) is 0 Å². The number of pyridine rings is 1. The lowest BCUT2D eigenvalue weighted by Crippen LogP contribution is -2.13. The summed E-state index contributed by atoms with van der Waals surface area (Å²) in [6.45, 7) is 5.31. The van der Waals surface area contributed by atoms with Crippen LogP contribution in [0.1, 0.15) is 6.92 Å². The van der Waals surface area contributed by atoms with Crippen LogP contribution in [0.5, 0.6) is 0 Å². The zero-order chi connectivity index (χ0) is 22.7. The summed E-state index contributed by atoms with van der Waals surface area (Å²) in [5.41, 5.74) is 3.30. The summed E-state index contributed by atoms with van der Waals surface area (Å²) in [5.74, 6) is 1.23. The van der Waals surface area contributed by atoms with E-state index in [-0.39, 0.29) is 4.91 Å². The maximum absolute atomic E-state index is 12.4. The lowest BCUT2D eigenvalue weighted by atomic mass is 10.1. The second kappa shape index (κ2) is 8.60. The van der Waals surface area contributed by atoms with Crippen molar-refractivity contribution in [1.29, 1.82) is 0 Å². The first-order chi connectivity index (χ1) is 15.3. The Bertz CT molecular complexity index is 1440. The summed E-state index contributed by atoms with van der Waals surface area (Å²) in [6.07, 6.45) is 9.62. The van der Waals surface area contributed by atoms with Gasteiger partial charge in [-0.05, 0) is 36.8 Å². The zero-order valence-electron chi connectivity index (χ0n) is 17.5. The van der Waals surface area contributed by atoms with Gasteiger partial charge >= 0.3 is 0 Å². The predicted molar refractivity (Wildman–Crippen MR) is 126 cm³/mol. The number of benzene rings is 1. The van der Waals surface area contributed by atoms with Crippen molar-refractivity contribution in [2.75, 3.05) is 10.0 Å². The van der Waals surface area contributed by atoms with Crippen molar-refractivity contribution in [2.45, 2.75) is 6.92 Å². The van der Waals surface area contributed by atoms with Gasteiger partial charge in [-0.2, -0.15) is 5.10 Å². The highest BCUT2D eigenvalue weighted by Gasteiger charge is 2.14. The maximum atomic E-state index is 12.4. The molecule has 0 fully saturated rings. The Labute approximate surface area is 185 Å². The number of nitrogens with zero attached hydrogens (tertiary/aromatic N) is 5. The van der Waals surface area contributed by atoms with Crippen molar-refractivity contribution in [3.05, 3.63) is 78.8 Å². The fourth-order valence-electron chi connectivity index (χ4n) is 3.01. The van der Waals surface area contributed by atoms with Gasteiger partial charge in [0.2, 0.25) is 0 Å². The van der Waals surface area contributed by atoms with Crippen LogP contribution in [0, 0.1) is 0 Å². The largest absolute Gasteiger partial charge is 0.322 e. The number of anilines is 3. The summed E-state index contributed by atoms with van der Waals surface area (Å²) >= 11 is 0. The van der Waals surface area contributed by atoms with Gasteiger partial charge < -0.3 is 5.32 Å². The molecule has 0 aliphatic carbocycles. The number of hydrogen-bond acceptors (Lipinski definition) is 7. The third kappa shape index (κ3) is 4.65. The van der Waals surface area contributed by atoms with Crippen molar-refractivity contribution in [3.8, 4) is 11.1 Å². The van der Waals surface area contributed by atoms with Crippen LogP contribution in [0.3, 0.4) is 0 Å². The van der Waals surface area contributed by atoms with Gasteiger partial charge in [-0.3, -0.25) is 19.4 Å². The Morgan fingerprint density at radius 3 is 2.66 bits per heavy atom. The summed E-state index contributed by atoms with van der Waals surface area (Å²) in [6, 6.07) is 9.16. The van der Waals surface area contributed by atoms with Crippen LogP contribution < -0.4 is 10.0 Å². The highest BCUT2D eigenvalue weighted by atomic mass is 32.2. The molecular weight excluding hydrogens is 426 g/mol. The monoisotopic (exact) mass is 447 g/mol. The maximum Gasteiger partial charge on any atom is 0.261 e. The van der Waals surface area contributed by atoms with Crippen LogP contribution in [-0.2, 0) is 17.1 Å². The minimum Gasteiger partial charge on any atom is -0.322 e. The Morgan fingerprint density at radius 2 is 1.91 bits per heavy atom. The third-order valence-electron chi connectivity index (χ3n) is 4.53. The second-order valence-electron chi connectivity index (χ2n) is 6.99. The lowest BCUT2D eigenvalue weighted by molar-refractivity contribution is 0.608. The van der Waals surface area contributed by atoms with Crippen LogP contribution in [0.25, 0.3) is 22.2 Å². The number of rotatable bonds is 7. The molecule has 4 aromatic rings. The van der Waals surface area contributed by atoms with Gasteiger partial charge in [-0.15, -0.1) is 0 Å². The molecule has 9 nitrogen and oxygen atoms in total. The minimum absolute atomic E-state index is 0.0284. The molecule has 3 heterocycles. The molecular formula is C22H21N7O2S. The molecule has 0 radical (unpaired) electrons. The fourth-order valence-corrected chi connectivity index (χ4v) is 3.88. The third-order valence-corrected chi connectivity index (χ3v) is 5.86. The summed E-state index contributed by atoms with van der Waals surface area (Å²) in [5, 5.41) is 7.40. The summed E-state index contributed by atoms with van der Waals surface area (Å²) in [7, 11) is -1.92. The molecule has 4 rings (SSSR count). The van der Waals surface area contributed by atoms with Gasteiger partial charge in [0.05, 0.1) is 34.0 Å². The van der Waals surface area contributed by atoms with E-state index < -0.39 is 10.0 Å². The van der Waals surface area contributed by atoms with E-state index in [1.807, 2.05) is 37.5 Å². The minimum atomic E-state index is -3.75. The molecule has 2 N–H and O–H groups in total. The molecule has 0 spiro atoms. The van der Waals surface area contributed by atoms with Crippen molar-refractivity contribution in [1.82, 2.24) is 24.7 Å². The molecule has 1 aromatic carbocycles. The van der Waals surface area contributed by atoms with E-state index in [0.717, 1.165) is 16.6 Å². The molecule has 0 aliphatic heterocycles. The number of aryl methyl sites for hydroxylation is 1. The van der Waals surface area contributed by atoms with Crippen LogP contribution in [0.4, 0.5) is 17.3 Å². The standard InChI is InChI=1S/C22H21N7O2S/c1-4-5-15(2)32(30,31)28-18-10-17(12-23-13-18)16-6-7-19-20(11-16)25-22(14-24-19)26-21-8-9-29(3)27-21/h4-14,28H,2H2,1,3H3,(H,25,26,27)/b5-4-. The van der Waals surface area contributed by atoms with E-state index >= 15 is 0 Å². The number of fused-ring (bicyclic) bond motifs is 1. The molecule has 10 heteroatoms. The highest BCUT2D eigenvalue weighted by Crippen LogP contribution is 2.26. The SMILES string of the molecule is C=C(/C=C\C)S(=O)(=O)Nc1cncc(-c2ccc3ncc(Nc4ccn(C)n4)nc3c2)c1. The van der Waals surface area contributed by atoms with Crippen molar-refractivity contribution < 1.29 is 8.42 Å². The fraction of sp³-hybridized carbons (Fsp3) is 0.0909. The topological polar surface area (TPSA) is 115 Å². The Kier molecular flexibility index (Phi) is 5.69. The van der Waals surface area contributed by atoms with E-state index in [0.29, 0.717) is 22.8 Å². The molecule has 0 saturated heterocycles. The summed E-state index contributed by atoms with van der Waals surface area (Å²) in [4.78, 5) is 13.2. The van der Waals surface area contributed by atoms with E-state index in [9.17, 15) is 8.42 Å². The second-order valence-corrected chi connectivity index (χ2v) is 8.73. The van der Waals surface area contributed by atoms with Gasteiger partial charge in [0.1, 0.15) is 0 Å². The molecule has 0 bridgehead atoms. The average Bonchev–Trinajstić information content (AvgIpc) is 3.17. The van der Waals surface area contributed by atoms with Gasteiger partial charge in [0.15, 0.2) is 11.6 Å². The van der Waals surface area contributed by atoms with Crippen molar-refractivity contribution >= 4 is 38.4 Å². The molecule has 0 saturated carbocycles. The van der Waals surface area contributed by atoms with Crippen LogP contribution >= 0.6 is 0 Å². The number of allylic oxidation sites excluding steroid dienone is 2. The van der Waals surface area contributed by atoms with Gasteiger partial charge in [0, 0.05) is 31.1 Å². The van der Waals surface area contributed by atoms with E-state index in [2.05, 4.69) is 36.7 Å². The average molecular weight is 448 g/mol. The Hall–Kier alpha value is -4.05. The molecule has 0 aliphatic rings. The Morgan fingerprint density at radius 1 is 1.06 bits per heavy atom. The number of aromatic nitrogens is 5. The smallest absolute Gasteiger partial charge is 0.261 e. The van der Waals surface area contributed by atoms with Crippen LogP contribution in [-0.4, -0.2) is 33.2 Å². The molecule has 162 valence electrons. The van der Waals surface area contributed by atoms with Crippen molar-refractivity contribution in [2.24, 2.45) is 7.05 Å². The van der Waals surface area contributed by atoms with Gasteiger partial charge in [0.25, 0.3) is 10.0 Å². The lowest BCUT2D eigenvalue weighted by Gasteiger charge is -2.10. The zero-order valence-corrected chi connectivity index (χ0v) is 18.3. The number of sulfonamides is 1. The summed E-state index contributed by atoms with van der Waals surface area (Å²) < 4.78 is 29.0. The first-order valence-corrected chi connectivity index (χ1v) is 11.2. The molecule has 3 aromatic heterocycles. The van der Waals surface area contributed by atoms with Crippen LogP contribution in [0.15, 0.2) is 78.8 Å². The highest BCUT2D eigenvalue weighted by molar-refractivity contribution is 7.96. The molecule has 32 heavy (non-hydrogen) atoms. The number of nitrogens with one attached hydrogen (secondary N) is 2. The van der Waals surface area contributed by atoms with E-state index in [1.165, 1.54) is 12.3 Å². The van der Waals surface area contributed by atoms with Gasteiger partial charge in [-0.1, -0.05) is 18.7 Å². The van der Waals surface area contributed by atoms with Gasteiger partial charge in [-0.25, -0.2) is 13.4 Å². The van der Waals surface area contributed by atoms with Crippen LogP contribution in [0.2, 0.25) is 0 Å². The first kappa shape index (κ1) is 21.2. The molecule has 0 unspecified atom stereocenters. The van der Waals surface area contributed by atoms with E-state index in [1.54, 1.807) is 36.1 Å². The van der Waals surface area contributed by atoms with E-state index in [4.69, 9.17) is 0 Å². The quantitative estimate of drug-likeness (QED) is 0.412. The normalized spacial score (nSPS) is 11.7. The first-order valence-electron chi connectivity index (χ1n) is 9.67. The predicted octanol–water partition coefficient (Wildman–Crippen LogP) is 4.00. The molecule has 0 amide bonds.